The number of ether oxygens (including phenoxy) is 1. The number of methoxy groups -OCH3 is 1. The average Bonchev–Trinajstić information content (AvgIpc) is 2.17. The first kappa shape index (κ1) is 11.0. The maximum atomic E-state index is 5.31. The minimum atomic E-state index is 0.193. The van der Waals surface area contributed by atoms with Crippen molar-refractivity contribution in [2.24, 2.45) is 0 Å². The van der Waals surface area contributed by atoms with E-state index in [0.29, 0.717) is 0 Å². The van der Waals surface area contributed by atoms with Crippen molar-refractivity contribution in [2.75, 3.05) is 7.11 Å². The summed E-state index contributed by atoms with van der Waals surface area (Å²) in [5, 5.41) is 0. The number of rotatable bonds is 3. The monoisotopic (exact) mass is 290 g/mol. The van der Waals surface area contributed by atoms with E-state index < -0.39 is 0 Å². The van der Waals surface area contributed by atoms with Crippen LogP contribution in [0, 0.1) is 3.57 Å². The number of halogens is 1. The van der Waals surface area contributed by atoms with E-state index in [0.717, 1.165) is 6.42 Å². The second-order valence-electron chi connectivity index (χ2n) is 3.05. The van der Waals surface area contributed by atoms with Crippen LogP contribution in [0.25, 0.3) is 0 Å². The van der Waals surface area contributed by atoms with Gasteiger partial charge in [-0.05, 0) is 47.1 Å². The summed E-state index contributed by atoms with van der Waals surface area (Å²) in [7, 11) is 1.75. The first-order valence-electron chi connectivity index (χ1n) is 4.50. The third-order valence-corrected chi connectivity index (χ3v) is 3.60. The van der Waals surface area contributed by atoms with Crippen molar-refractivity contribution in [1.82, 2.24) is 0 Å². The lowest BCUT2D eigenvalue weighted by atomic mass is 10.1. The van der Waals surface area contributed by atoms with Gasteiger partial charge in [-0.25, -0.2) is 0 Å². The Bertz CT molecular complexity index is 283. The molecule has 1 atom stereocenters. The largest absolute Gasteiger partial charge is 0.377 e. The van der Waals surface area contributed by atoms with Crippen LogP contribution in [-0.2, 0) is 11.2 Å². The summed E-state index contributed by atoms with van der Waals surface area (Å²) in [6.45, 7) is 4.26. The van der Waals surface area contributed by atoms with Crippen LogP contribution in [-0.4, -0.2) is 7.11 Å². The van der Waals surface area contributed by atoms with E-state index in [-0.39, 0.29) is 6.10 Å². The predicted molar refractivity (Wildman–Crippen MR) is 64.0 cm³/mol. The lowest BCUT2D eigenvalue weighted by Gasteiger charge is -2.14. The van der Waals surface area contributed by atoms with Crippen LogP contribution >= 0.6 is 22.6 Å². The van der Waals surface area contributed by atoms with E-state index in [9.17, 15) is 0 Å². The first-order chi connectivity index (χ1) is 6.20. The second-order valence-corrected chi connectivity index (χ2v) is 4.13. The Morgan fingerprint density at radius 1 is 1.46 bits per heavy atom. The van der Waals surface area contributed by atoms with Crippen LogP contribution in [0.1, 0.15) is 31.1 Å². The Morgan fingerprint density at radius 3 is 2.69 bits per heavy atom. The summed E-state index contributed by atoms with van der Waals surface area (Å²) in [5.41, 5.74) is 2.70. The third kappa shape index (κ3) is 2.44. The molecule has 1 rings (SSSR count). The molecular formula is C11H15IO. The summed E-state index contributed by atoms with van der Waals surface area (Å²) in [6.07, 6.45) is 1.28. The van der Waals surface area contributed by atoms with Crippen molar-refractivity contribution >= 4 is 22.6 Å². The van der Waals surface area contributed by atoms with E-state index in [1.165, 1.54) is 14.7 Å². The molecule has 1 aromatic rings. The van der Waals surface area contributed by atoms with Gasteiger partial charge in [-0.3, -0.25) is 0 Å². The lowest BCUT2D eigenvalue weighted by Crippen LogP contribution is -2.01. The molecule has 1 aromatic carbocycles. The van der Waals surface area contributed by atoms with Gasteiger partial charge in [0.15, 0.2) is 0 Å². The fourth-order valence-corrected chi connectivity index (χ4v) is 2.49. The molecule has 0 spiro atoms. The smallest absolute Gasteiger partial charge is 0.0803 e. The molecule has 72 valence electrons. The standard InChI is InChI=1S/C11H15IO/c1-4-9-6-5-7-10(11(9)12)8(2)13-3/h5-8H,4H2,1-3H3. The molecule has 0 fully saturated rings. The molecule has 0 N–H and O–H groups in total. The molecule has 1 nitrogen and oxygen atoms in total. The molecule has 0 aromatic heterocycles. The lowest BCUT2D eigenvalue weighted by molar-refractivity contribution is 0.119. The van der Waals surface area contributed by atoms with Crippen LogP contribution in [0.4, 0.5) is 0 Å². The zero-order chi connectivity index (χ0) is 9.84. The van der Waals surface area contributed by atoms with E-state index in [1.807, 2.05) is 0 Å². The molecule has 13 heavy (non-hydrogen) atoms. The summed E-state index contributed by atoms with van der Waals surface area (Å²) in [5.74, 6) is 0. The predicted octanol–water partition coefficient (Wildman–Crippen LogP) is 3.56. The van der Waals surface area contributed by atoms with Crippen LogP contribution in [0.3, 0.4) is 0 Å². The molecule has 0 aliphatic carbocycles. The van der Waals surface area contributed by atoms with Crippen molar-refractivity contribution in [3.05, 3.63) is 32.9 Å². The van der Waals surface area contributed by atoms with E-state index in [2.05, 4.69) is 54.6 Å². The number of benzene rings is 1. The van der Waals surface area contributed by atoms with Gasteiger partial charge in [0, 0.05) is 10.7 Å². The summed E-state index contributed by atoms with van der Waals surface area (Å²) >= 11 is 2.40. The number of hydrogen-bond acceptors (Lipinski definition) is 1. The van der Waals surface area contributed by atoms with Gasteiger partial charge >= 0.3 is 0 Å². The maximum Gasteiger partial charge on any atom is 0.0803 e. The van der Waals surface area contributed by atoms with Crippen molar-refractivity contribution in [1.29, 1.82) is 0 Å². The highest BCUT2D eigenvalue weighted by atomic mass is 127. The van der Waals surface area contributed by atoms with Gasteiger partial charge in [-0.15, -0.1) is 0 Å². The van der Waals surface area contributed by atoms with Crippen molar-refractivity contribution in [3.8, 4) is 0 Å². The minimum absolute atomic E-state index is 0.193. The molecule has 0 amide bonds. The molecule has 1 unspecified atom stereocenters. The number of hydrogen-bond donors (Lipinski definition) is 0. The van der Waals surface area contributed by atoms with Gasteiger partial charge in [-0.2, -0.15) is 0 Å². The maximum absolute atomic E-state index is 5.31. The summed E-state index contributed by atoms with van der Waals surface area (Å²) in [6, 6.07) is 6.41. The fraction of sp³-hybridized carbons (Fsp3) is 0.455. The van der Waals surface area contributed by atoms with Crippen molar-refractivity contribution in [3.63, 3.8) is 0 Å². The zero-order valence-corrected chi connectivity index (χ0v) is 10.5. The Kier molecular flexibility index (Phi) is 4.19. The number of aryl methyl sites for hydroxylation is 1. The van der Waals surface area contributed by atoms with E-state index in [4.69, 9.17) is 4.74 Å². The molecule has 0 saturated heterocycles. The van der Waals surface area contributed by atoms with Gasteiger partial charge in [0.2, 0.25) is 0 Å². The van der Waals surface area contributed by atoms with Crippen molar-refractivity contribution in [2.45, 2.75) is 26.4 Å². The van der Waals surface area contributed by atoms with Gasteiger partial charge < -0.3 is 4.74 Å². The van der Waals surface area contributed by atoms with Crippen molar-refractivity contribution < 1.29 is 4.74 Å². The molecule has 2 heteroatoms. The summed E-state index contributed by atoms with van der Waals surface area (Å²) < 4.78 is 6.66. The highest BCUT2D eigenvalue weighted by Crippen LogP contribution is 2.25. The molecule has 0 bridgehead atoms. The van der Waals surface area contributed by atoms with Crippen LogP contribution < -0.4 is 0 Å². The SMILES string of the molecule is CCc1cccc(C(C)OC)c1I. The zero-order valence-electron chi connectivity index (χ0n) is 8.30. The van der Waals surface area contributed by atoms with E-state index >= 15 is 0 Å². The van der Waals surface area contributed by atoms with Crippen LogP contribution in [0.15, 0.2) is 18.2 Å². The quantitative estimate of drug-likeness (QED) is 0.773. The molecule has 0 aliphatic heterocycles. The Morgan fingerprint density at radius 2 is 2.15 bits per heavy atom. The second kappa shape index (κ2) is 4.96. The Hall–Kier alpha value is -0.0900. The highest BCUT2D eigenvalue weighted by molar-refractivity contribution is 14.1. The first-order valence-corrected chi connectivity index (χ1v) is 5.58. The molecule has 0 aliphatic rings. The highest BCUT2D eigenvalue weighted by Gasteiger charge is 2.09. The van der Waals surface area contributed by atoms with E-state index in [1.54, 1.807) is 7.11 Å². The average molecular weight is 290 g/mol. The Balaban J connectivity index is 3.08. The van der Waals surface area contributed by atoms with Gasteiger partial charge in [-0.1, -0.05) is 25.1 Å². The normalized spacial score (nSPS) is 12.9. The van der Waals surface area contributed by atoms with Gasteiger partial charge in [0.25, 0.3) is 0 Å². The molecule has 0 saturated carbocycles. The third-order valence-electron chi connectivity index (χ3n) is 2.28. The molecule has 0 heterocycles. The van der Waals surface area contributed by atoms with Crippen LogP contribution in [0.2, 0.25) is 0 Å². The Labute approximate surface area is 93.6 Å². The molecular weight excluding hydrogens is 275 g/mol. The summed E-state index contributed by atoms with van der Waals surface area (Å²) in [4.78, 5) is 0. The van der Waals surface area contributed by atoms with Gasteiger partial charge in [0.05, 0.1) is 6.10 Å². The van der Waals surface area contributed by atoms with Gasteiger partial charge in [0.1, 0.15) is 0 Å². The topological polar surface area (TPSA) is 9.23 Å². The fourth-order valence-electron chi connectivity index (χ4n) is 1.31. The molecule has 0 radical (unpaired) electrons. The van der Waals surface area contributed by atoms with Crippen LogP contribution in [0.5, 0.6) is 0 Å². The minimum Gasteiger partial charge on any atom is -0.377 e.